The van der Waals surface area contributed by atoms with Gasteiger partial charge in [-0.3, -0.25) is 4.98 Å². The summed E-state index contributed by atoms with van der Waals surface area (Å²) in [6, 6.07) is 13.7. The van der Waals surface area contributed by atoms with E-state index in [4.69, 9.17) is 4.98 Å². The number of aromatic nitrogens is 1. The number of pyridine rings is 1. The maximum Gasteiger partial charge on any atom is 0.0702 e. The Morgan fingerprint density at radius 1 is 0.606 bits per heavy atom. The molecule has 0 amide bonds. The molecule has 1 heteroatoms. The number of unbranched alkanes of at least 4 members (excludes halogenated alkanes) is 7. The molecule has 0 unspecified atom stereocenters. The highest BCUT2D eigenvalue weighted by molar-refractivity contribution is 5.59. The SMILES string of the molecule is CCCCCCCCc1ccc(-c2ccc(CCC3CCC(CCCCC)CC3)cc2)nc1. The van der Waals surface area contributed by atoms with Crippen molar-refractivity contribution >= 4 is 0 Å². The summed E-state index contributed by atoms with van der Waals surface area (Å²) in [5.41, 5.74) is 5.22. The Bertz CT molecular complexity index is 737. The van der Waals surface area contributed by atoms with Gasteiger partial charge in [-0.25, -0.2) is 0 Å². The molecule has 0 radical (unpaired) electrons. The number of nitrogens with zero attached hydrogens (tertiary/aromatic N) is 1. The third kappa shape index (κ3) is 9.63. The molecule has 33 heavy (non-hydrogen) atoms. The third-order valence-corrected chi connectivity index (χ3v) is 7.92. The predicted octanol–water partition coefficient (Wildman–Crippen LogP) is 9.97. The summed E-state index contributed by atoms with van der Waals surface area (Å²) in [7, 11) is 0. The van der Waals surface area contributed by atoms with Crippen molar-refractivity contribution in [2.24, 2.45) is 11.8 Å². The van der Waals surface area contributed by atoms with Gasteiger partial charge in [0.05, 0.1) is 5.69 Å². The van der Waals surface area contributed by atoms with Crippen molar-refractivity contribution < 1.29 is 0 Å². The zero-order valence-corrected chi connectivity index (χ0v) is 21.7. The van der Waals surface area contributed by atoms with E-state index in [-0.39, 0.29) is 0 Å². The van der Waals surface area contributed by atoms with Crippen LogP contribution in [-0.4, -0.2) is 4.98 Å². The van der Waals surface area contributed by atoms with Gasteiger partial charge < -0.3 is 0 Å². The predicted molar refractivity (Wildman–Crippen MR) is 145 cm³/mol. The van der Waals surface area contributed by atoms with Crippen LogP contribution in [0.3, 0.4) is 0 Å². The van der Waals surface area contributed by atoms with Crippen LogP contribution in [0.15, 0.2) is 42.6 Å². The molecule has 0 spiro atoms. The fourth-order valence-electron chi connectivity index (χ4n) is 5.56. The van der Waals surface area contributed by atoms with Crippen LogP contribution in [0.25, 0.3) is 11.3 Å². The van der Waals surface area contributed by atoms with Gasteiger partial charge in [0.25, 0.3) is 0 Å². The van der Waals surface area contributed by atoms with Crippen molar-refractivity contribution in [3.05, 3.63) is 53.7 Å². The lowest BCUT2D eigenvalue weighted by Gasteiger charge is -2.28. The minimum Gasteiger partial charge on any atom is -0.256 e. The quantitative estimate of drug-likeness (QED) is 0.247. The lowest BCUT2D eigenvalue weighted by Crippen LogP contribution is -2.15. The molecule has 3 rings (SSSR count). The van der Waals surface area contributed by atoms with E-state index < -0.39 is 0 Å². The van der Waals surface area contributed by atoms with Crippen LogP contribution in [0, 0.1) is 11.8 Å². The van der Waals surface area contributed by atoms with Gasteiger partial charge in [0.15, 0.2) is 0 Å². The van der Waals surface area contributed by atoms with Gasteiger partial charge >= 0.3 is 0 Å². The molecule has 0 atom stereocenters. The zero-order chi connectivity index (χ0) is 23.1. The molecule has 2 aromatic rings. The van der Waals surface area contributed by atoms with Crippen LogP contribution in [-0.2, 0) is 12.8 Å². The number of aryl methyl sites for hydroxylation is 2. The number of hydrogen-bond acceptors (Lipinski definition) is 1. The van der Waals surface area contributed by atoms with E-state index in [9.17, 15) is 0 Å². The van der Waals surface area contributed by atoms with Crippen molar-refractivity contribution in [2.75, 3.05) is 0 Å². The van der Waals surface area contributed by atoms with E-state index >= 15 is 0 Å². The molecule has 1 heterocycles. The largest absolute Gasteiger partial charge is 0.256 e. The van der Waals surface area contributed by atoms with Gasteiger partial charge in [0.1, 0.15) is 0 Å². The molecule has 0 N–H and O–H groups in total. The lowest BCUT2D eigenvalue weighted by atomic mass is 9.78. The van der Waals surface area contributed by atoms with Crippen LogP contribution in [0.1, 0.15) is 121 Å². The molecule has 0 saturated heterocycles. The maximum absolute atomic E-state index is 4.76. The minimum atomic E-state index is 0.952. The standard InChI is InChI=1S/C32H49N/c1-3-5-7-8-9-11-13-30-22-25-32(33-26-30)31-23-20-29(21-24-31)19-18-28-16-14-27(15-17-28)12-10-6-4-2/h20-28H,3-19H2,1-2H3. The first-order valence-corrected chi connectivity index (χ1v) is 14.3. The molecular formula is C32H49N. The average molecular weight is 448 g/mol. The van der Waals surface area contributed by atoms with E-state index in [1.54, 1.807) is 0 Å². The van der Waals surface area contributed by atoms with E-state index in [1.165, 1.54) is 126 Å². The summed E-state index contributed by atoms with van der Waals surface area (Å²) >= 11 is 0. The van der Waals surface area contributed by atoms with Crippen LogP contribution in [0.5, 0.6) is 0 Å². The number of rotatable bonds is 15. The lowest BCUT2D eigenvalue weighted by molar-refractivity contribution is 0.249. The van der Waals surface area contributed by atoms with Gasteiger partial charge in [-0.2, -0.15) is 0 Å². The van der Waals surface area contributed by atoms with E-state index in [1.807, 2.05) is 0 Å². The van der Waals surface area contributed by atoms with Crippen molar-refractivity contribution in [1.29, 1.82) is 0 Å². The summed E-state index contributed by atoms with van der Waals surface area (Å²) in [6.45, 7) is 4.59. The molecule has 1 aliphatic carbocycles. The van der Waals surface area contributed by atoms with Crippen LogP contribution < -0.4 is 0 Å². The molecule has 1 aromatic heterocycles. The van der Waals surface area contributed by atoms with Gasteiger partial charge in [-0.1, -0.05) is 128 Å². The summed E-state index contributed by atoms with van der Waals surface area (Å²) in [5.74, 6) is 1.98. The molecule has 0 bridgehead atoms. The van der Waals surface area contributed by atoms with E-state index in [2.05, 4.69) is 56.4 Å². The van der Waals surface area contributed by atoms with Crippen LogP contribution >= 0.6 is 0 Å². The third-order valence-electron chi connectivity index (χ3n) is 7.92. The first-order valence-electron chi connectivity index (χ1n) is 14.3. The molecule has 1 aliphatic rings. The summed E-state index contributed by atoms with van der Waals surface area (Å²) in [6.07, 6.45) is 25.6. The first-order chi connectivity index (χ1) is 16.3. The molecule has 1 nitrogen and oxygen atoms in total. The van der Waals surface area contributed by atoms with Gasteiger partial charge in [-0.15, -0.1) is 0 Å². The van der Waals surface area contributed by atoms with E-state index in [0.717, 1.165) is 17.5 Å². The molecular weight excluding hydrogens is 398 g/mol. The number of hydrogen-bond donors (Lipinski definition) is 0. The van der Waals surface area contributed by atoms with Gasteiger partial charge in [0, 0.05) is 11.8 Å². The second-order valence-electron chi connectivity index (χ2n) is 10.7. The van der Waals surface area contributed by atoms with Crippen molar-refractivity contribution in [2.45, 2.75) is 123 Å². The van der Waals surface area contributed by atoms with Crippen LogP contribution in [0.2, 0.25) is 0 Å². The average Bonchev–Trinajstić information content (AvgIpc) is 2.86. The fourth-order valence-corrected chi connectivity index (χ4v) is 5.56. The fraction of sp³-hybridized carbons (Fsp3) is 0.656. The van der Waals surface area contributed by atoms with E-state index in [0.29, 0.717) is 0 Å². The Kier molecular flexibility index (Phi) is 12.1. The zero-order valence-electron chi connectivity index (χ0n) is 21.7. The molecule has 1 saturated carbocycles. The molecule has 182 valence electrons. The Labute approximate surface area is 204 Å². The highest BCUT2D eigenvalue weighted by Crippen LogP contribution is 2.34. The first kappa shape index (κ1) is 26.0. The second kappa shape index (κ2) is 15.3. The Balaban J connectivity index is 1.36. The summed E-state index contributed by atoms with van der Waals surface area (Å²) in [5, 5.41) is 0. The van der Waals surface area contributed by atoms with Gasteiger partial charge in [-0.05, 0) is 54.7 Å². The monoisotopic (exact) mass is 447 g/mol. The Hall–Kier alpha value is -1.63. The molecule has 1 fully saturated rings. The van der Waals surface area contributed by atoms with Crippen molar-refractivity contribution in [3.63, 3.8) is 0 Å². The summed E-state index contributed by atoms with van der Waals surface area (Å²) < 4.78 is 0. The highest BCUT2D eigenvalue weighted by Gasteiger charge is 2.20. The van der Waals surface area contributed by atoms with Gasteiger partial charge in [0.2, 0.25) is 0 Å². The smallest absolute Gasteiger partial charge is 0.0702 e. The Morgan fingerprint density at radius 3 is 1.88 bits per heavy atom. The van der Waals surface area contributed by atoms with Crippen molar-refractivity contribution in [1.82, 2.24) is 4.98 Å². The minimum absolute atomic E-state index is 0.952. The van der Waals surface area contributed by atoms with Crippen LogP contribution in [0.4, 0.5) is 0 Å². The summed E-state index contributed by atoms with van der Waals surface area (Å²) in [4.78, 5) is 4.76. The number of benzene rings is 1. The van der Waals surface area contributed by atoms with Crippen molar-refractivity contribution in [3.8, 4) is 11.3 Å². The molecule has 1 aromatic carbocycles. The maximum atomic E-state index is 4.76. The normalized spacial score (nSPS) is 18.5. The Morgan fingerprint density at radius 2 is 1.21 bits per heavy atom. The topological polar surface area (TPSA) is 12.9 Å². The second-order valence-corrected chi connectivity index (χ2v) is 10.7. The molecule has 0 aliphatic heterocycles. The highest BCUT2D eigenvalue weighted by atomic mass is 14.7.